The van der Waals surface area contributed by atoms with Crippen LogP contribution in [0.1, 0.15) is 29.8 Å². The summed E-state index contributed by atoms with van der Waals surface area (Å²) in [5.41, 5.74) is 3.38. The molecule has 174 valence electrons. The van der Waals surface area contributed by atoms with Gasteiger partial charge in [0, 0.05) is 64.1 Å². The first kappa shape index (κ1) is 24.8. The van der Waals surface area contributed by atoms with Gasteiger partial charge in [0.05, 0.1) is 0 Å². The monoisotopic (exact) mass is 558 g/mol. The molecule has 2 heterocycles. The molecule has 1 aromatic heterocycles. The first-order chi connectivity index (χ1) is 15.7. The Balaban J connectivity index is 0.00000306. The van der Waals surface area contributed by atoms with Gasteiger partial charge in [-0.1, -0.05) is 42.5 Å². The van der Waals surface area contributed by atoms with Gasteiger partial charge in [-0.15, -0.1) is 24.0 Å². The minimum absolute atomic E-state index is 0. The van der Waals surface area contributed by atoms with Crippen LogP contribution in [0.15, 0.2) is 72.0 Å². The van der Waals surface area contributed by atoms with Gasteiger partial charge in [-0.2, -0.15) is 0 Å². The van der Waals surface area contributed by atoms with E-state index < -0.39 is 0 Å². The number of aliphatic imine (C=N–C) groups is 1. The zero-order valence-electron chi connectivity index (χ0n) is 18.9. The molecule has 7 nitrogen and oxygen atoms in total. The Morgan fingerprint density at radius 3 is 2.55 bits per heavy atom. The fraction of sp³-hybridized carbons (Fsp3) is 0.320. The SMILES string of the molecule is CN=C(NCCc1nccn1Cc1ccccc1)NCc1ccc(N2CCCC2=O)cc1.I. The van der Waals surface area contributed by atoms with Crippen molar-refractivity contribution in [1.82, 2.24) is 20.2 Å². The van der Waals surface area contributed by atoms with Gasteiger partial charge < -0.3 is 20.1 Å². The van der Waals surface area contributed by atoms with Crippen molar-refractivity contribution in [2.24, 2.45) is 4.99 Å². The van der Waals surface area contributed by atoms with Gasteiger partial charge in [-0.3, -0.25) is 9.79 Å². The van der Waals surface area contributed by atoms with Gasteiger partial charge in [0.25, 0.3) is 0 Å². The van der Waals surface area contributed by atoms with Gasteiger partial charge in [0.15, 0.2) is 5.96 Å². The standard InChI is InChI=1S/C25H30N6O.HI/c1-26-25(29-18-20-9-11-22(12-10-20)31-16-5-8-24(31)32)28-14-13-23-27-15-17-30(23)19-21-6-3-2-4-7-21;/h2-4,6-7,9-12,15,17H,5,8,13-14,16,18-19H2,1H3,(H2,26,28,29);1H. The molecule has 1 aliphatic rings. The predicted molar refractivity (Wildman–Crippen MR) is 143 cm³/mol. The third kappa shape index (κ3) is 6.80. The maximum Gasteiger partial charge on any atom is 0.227 e. The molecule has 1 fully saturated rings. The fourth-order valence-electron chi connectivity index (χ4n) is 3.91. The van der Waals surface area contributed by atoms with E-state index in [4.69, 9.17) is 0 Å². The van der Waals surface area contributed by atoms with Crippen molar-refractivity contribution >= 4 is 41.5 Å². The molecule has 0 radical (unpaired) electrons. The van der Waals surface area contributed by atoms with Crippen molar-refractivity contribution in [1.29, 1.82) is 0 Å². The number of rotatable bonds is 8. The van der Waals surface area contributed by atoms with E-state index in [2.05, 4.69) is 61.6 Å². The van der Waals surface area contributed by atoms with Crippen LogP contribution < -0.4 is 15.5 Å². The number of aromatic nitrogens is 2. The maximum atomic E-state index is 11.9. The van der Waals surface area contributed by atoms with E-state index in [0.29, 0.717) is 13.0 Å². The summed E-state index contributed by atoms with van der Waals surface area (Å²) in [6.07, 6.45) is 6.27. The van der Waals surface area contributed by atoms with Crippen LogP contribution in [0, 0.1) is 0 Å². The van der Waals surface area contributed by atoms with Gasteiger partial charge in [0.2, 0.25) is 5.91 Å². The molecule has 0 aliphatic carbocycles. The van der Waals surface area contributed by atoms with E-state index in [1.54, 1.807) is 7.05 Å². The predicted octanol–water partition coefficient (Wildman–Crippen LogP) is 3.58. The first-order valence-electron chi connectivity index (χ1n) is 11.1. The number of imidazole rings is 1. The first-order valence-corrected chi connectivity index (χ1v) is 11.1. The van der Waals surface area contributed by atoms with Crippen LogP contribution in [0.2, 0.25) is 0 Å². The van der Waals surface area contributed by atoms with E-state index in [1.165, 1.54) is 5.56 Å². The summed E-state index contributed by atoms with van der Waals surface area (Å²) in [5, 5.41) is 6.71. The number of benzene rings is 2. The Kier molecular flexibility index (Phi) is 9.29. The minimum atomic E-state index is 0. The average molecular weight is 558 g/mol. The van der Waals surface area contributed by atoms with E-state index >= 15 is 0 Å². The summed E-state index contributed by atoms with van der Waals surface area (Å²) in [6.45, 7) is 3.04. The van der Waals surface area contributed by atoms with E-state index in [0.717, 1.165) is 55.5 Å². The maximum absolute atomic E-state index is 11.9. The highest BCUT2D eigenvalue weighted by Crippen LogP contribution is 2.21. The number of carbonyl (C=O) groups excluding carboxylic acids is 1. The molecule has 4 rings (SSSR count). The van der Waals surface area contributed by atoms with Crippen molar-refractivity contribution in [3.8, 4) is 0 Å². The summed E-state index contributed by atoms with van der Waals surface area (Å²) in [5.74, 6) is 2.01. The number of amides is 1. The van der Waals surface area contributed by atoms with Crippen molar-refractivity contribution in [2.75, 3.05) is 25.0 Å². The normalized spacial score (nSPS) is 13.7. The summed E-state index contributed by atoms with van der Waals surface area (Å²) in [7, 11) is 1.77. The topological polar surface area (TPSA) is 74.6 Å². The molecule has 2 N–H and O–H groups in total. The Hall–Kier alpha value is -2.88. The molecule has 1 saturated heterocycles. The highest BCUT2D eigenvalue weighted by atomic mass is 127. The van der Waals surface area contributed by atoms with E-state index in [9.17, 15) is 4.79 Å². The van der Waals surface area contributed by atoms with Crippen LogP contribution in [-0.4, -0.2) is 41.6 Å². The summed E-state index contributed by atoms with van der Waals surface area (Å²) in [6, 6.07) is 18.6. The molecule has 0 unspecified atom stereocenters. The smallest absolute Gasteiger partial charge is 0.227 e. The van der Waals surface area contributed by atoms with Crippen molar-refractivity contribution in [2.45, 2.75) is 32.4 Å². The van der Waals surface area contributed by atoms with Crippen LogP contribution in [0.5, 0.6) is 0 Å². The molecule has 1 amide bonds. The zero-order chi connectivity index (χ0) is 22.2. The van der Waals surface area contributed by atoms with Gasteiger partial charge >= 0.3 is 0 Å². The molecule has 2 aromatic carbocycles. The summed E-state index contributed by atoms with van der Waals surface area (Å²) < 4.78 is 2.18. The van der Waals surface area contributed by atoms with Crippen LogP contribution in [-0.2, 0) is 24.3 Å². The molecular formula is C25H31IN6O. The lowest BCUT2D eigenvalue weighted by Crippen LogP contribution is -2.38. The van der Waals surface area contributed by atoms with Gasteiger partial charge in [-0.25, -0.2) is 4.98 Å². The highest BCUT2D eigenvalue weighted by molar-refractivity contribution is 14.0. The number of halogens is 1. The van der Waals surface area contributed by atoms with Crippen LogP contribution >= 0.6 is 24.0 Å². The number of guanidine groups is 1. The molecule has 8 heteroatoms. The second-order valence-electron chi connectivity index (χ2n) is 7.87. The summed E-state index contributed by atoms with van der Waals surface area (Å²) in [4.78, 5) is 22.6. The minimum Gasteiger partial charge on any atom is -0.356 e. The van der Waals surface area contributed by atoms with E-state index in [-0.39, 0.29) is 29.9 Å². The molecule has 3 aromatic rings. The molecule has 33 heavy (non-hydrogen) atoms. The second-order valence-corrected chi connectivity index (χ2v) is 7.87. The van der Waals surface area contributed by atoms with Gasteiger partial charge in [0.1, 0.15) is 5.82 Å². The number of carbonyl (C=O) groups is 1. The van der Waals surface area contributed by atoms with Crippen LogP contribution in [0.3, 0.4) is 0 Å². The number of anilines is 1. The molecule has 0 bridgehead atoms. The lowest BCUT2D eigenvalue weighted by Gasteiger charge is -2.16. The molecule has 0 atom stereocenters. The molecule has 0 saturated carbocycles. The average Bonchev–Trinajstić information content (AvgIpc) is 3.46. The third-order valence-corrected chi connectivity index (χ3v) is 5.64. The van der Waals surface area contributed by atoms with Crippen molar-refractivity contribution in [3.05, 3.63) is 83.9 Å². The molecule has 1 aliphatic heterocycles. The van der Waals surface area contributed by atoms with Crippen molar-refractivity contribution in [3.63, 3.8) is 0 Å². The highest BCUT2D eigenvalue weighted by Gasteiger charge is 2.21. The Bertz CT molecular complexity index is 1050. The number of hydrogen-bond donors (Lipinski definition) is 2. The lowest BCUT2D eigenvalue weighted by molar-refractivity contribution is -0.117. The Labute approximate surface area is 212 Å². The number of nitrogens with zero attached hydrogens (tertiary/aromatic N) is 4. The lowest BCUT2D eigenvalue weighted by atomic mass is 10.2. The zero-order valence-corrected chi connectivity index (χ0v) is 21.2. The van der Waals surface area contributed by atoms with Gasteiger partial charge in [-0.05, 0) is 29.7 Å². The Morgan fingerprint density at radius 1 is 1.06 bits per heavy atom. The Morgan fingerprint density at radius 2 is 1.85 bits per heavy atom. The number of hydrogen-bond acceptors (Lipinski definition) is 3. The largest absolute Gasteiger partial charge is 0.356 e. The third-order valence-electron chi connectivity index (χ3n) is 5.64. The molecular weight excluding hydrogens is 527 g/mol. The molecule has 0 spiro atoms. The number of nitrogens with one attached hydrogen (secondary N) is 2. The quantitative estimate of drug-likeness (QED) is 0.252. The van der Waals surface area contributed by atoms with Crippen LogP contribution in [0.4, 0.5) is 5.69 Å². The van der Waals surface area contributed by atoms with E-state index in [1.807, 2.05) is 35.5 Å². The summed E-state index contributed by atoms with van der Waals surface area (Å²) >= 11 is 0. The fourth-order valence-corrected chi connectivity index (χ4v) is 3.91. The van der Waals surface area contributed by atoms with Crippen LogP contribution in [0.25, 0.3) is 0 Å². The second kappa shape index (κ2) is 12.4. The van der Waals surface area contributed by atoms with Crippen molar-refractivity contribution < 1.29 is 4.79 Å².